The Hall–Kier alpha value is -16.8. The molecule has 0 atom stereocenters. The molecule has 137 heavy (non-hydrogen) atoms. The van der Waals surface area contributed by atoms with Gasteiger partial charge in [-0.3, -0.25) is 59.9 Å². The first-order valence-electron chi connectivity index (χ1n) is 45.3. The van der Waals surface area contributed by atoms with Gasteiger partial charge >= 0.3 is 0 Å². The lowest BCUT2D eigenvalue weighted by Crippen LogP contribution is -1.94. The second-order valence-electron chi connectivity index (χ2n) is 34.5. The third kappa shape index (κ3) is 20.1. The first-order chi connectivity index (χ1) is 66.9. The molecular weight excluding hydrogens is 1700 g/mol. The number of aromatic nitrogens is 6. The topological polar surface area (TPSA) is 152 Å². The normalized spacial score (nSPS) is 12.4. The van der Waals surface area contributed by atoms with Crippen molar-refractivity contribution in [2.45, 2.75) is 80.8 Å². The van der Waals surface area contributed by atoms with Crippen LogP contribution in [0.15, 0.2) is 364 Å². The van der Waals surface area contributed by atoms with Crippen LogP contribution in [0, 0.1) is 70.6 Å². The quantitative estimate of drug-likeness (QED) is 0.111. The second kappa shape index (κ2) is 40.3. The number of hydrogen-bond donors (Lipinski definition) is 0. The summed E-state index contributed by atoms with van der Waals surface area (Å²) < 4.78 is 69.9. The van der Waals surface area contributed by atoms with E-state index in [0.29, 0.717) is 40.3 Å². The summed E-state index contributed by atoms with van der Waals surface area (Å²) >= 11 is 0. The number of rotatable bonds is 12. The number of pyridine rings is 6. The molecule has 6 aliphatic heterocycles. The summed E-state index contributed by atoms with van der Waals surface area (Å²) in [5, 5.41) is 0. The van der Waals surface area contributed by atoms with Gasteiger partial charge in [-0.05, 0) is 280 Å². The fraction of sp³-hybridized carbons (Fsp3) is 0.100. The fourth-order valence-corrected chi connectivity index (χ4v) is 17.7. The number of nitrogens with zero attached hydrogens (tertiary/aromatic N) is 12. The maximum absolute atomic E-state index is 14.4. The first-order valence-corrected chi connectivity index (χ1v) is 45.3. The zero-order valence-electron chi connectivity index (χ0n) is 76.2. The third-order valence-electron chi connectivity index (χ3n) is 24.7. The Balaban J connectivity index is 0.000000105. The maximum atomic E-state index is 14.4. The maximum Gasteiger partial charge on any atom is 0.135 e. The van der Waals surface area contributed by atoms with Crippen molar-refractivity contribution in [3.05, 3.63) is 464 Å². The Labute approximate surface area is 792 Å². The highest BCUT2D eigenvalue weighted by molar-refractivity contribution is 5.96. The predicted octanol–water partition coefficient (Wildman–Crippen LogP) is 28.6. The first kappa shape index (κ1) is 89.4. The van der Waals surface area contributed by atoms with Crippen molar-refractivity contribution in [1.82, 2.24) is 29.9 Å². The van der Waals surface area contributed by atoms with Crippen LogP contribution in [0.3, 0.4) is 0 Å². The van der Waals surface area contributed by atoms with E-state index in [9.17, 15) is 22.0 Å². The zero-order valence-corrected chi connectivity index (χ0v) is 76.2. The van der Waals surface area contributed by atoms with Crippen LogP contribution in [-0.4, -0.2) is 67.2 Å². The van der Waals surface area contributed by atoms with Crippen molar-refractivity contribution in [3.8, 4) is 134 Å². The van der Waals surface area contributed by atoms with Crippen LogP contribution in [0.5, 0.6) is 0 Å². The minimum Gasteiger partial charge on any atom is -0.288 e. The highest BCUT2D eigenvalue weighted by atomic mass is 19.1. The summed E-state index contributed by atoms with van der Waals surface area (Å²) in [5.74, 6) is -1.92. The van der Waals surface area contributed by atoms with Crippen molar-refractivity contribution in [3.63, 3.8) is 0 Å². The number of benzene rings is 12. The number of aryl methyl sites for hydroxylation is 6. The van der Waals surface area contributed by atoms with E-state index in [1.165, 1.54) is 102 Å². The lowest BCUT2D eigenvalue weighted by molar-refractivity contribution is 0.585. The Kier molecular flexibility index (Phi) is 26.3. The van der Waals surface area contributed by atoms with Gasteiger partial charge in [-0.25, -0.2) is 22.0 Å². The lowest BCUT2D eigenvalue weighted by atomic mass is 9.95. The van der Waals surface area contributed by atoms with Gasteiger partial charge in [-0.15, -0.1) is 0 Å². The van der Waals surface area contributed by atoms with Gasteiger partial charge in [-0.2, -0.15) is 0 Å². The molecule has 18 aromatic rings. The van der Waals surface area contributed by atoms with Crippen LogP contribution in [0.4, 0.5) is 22.0 Å². The largest absolute Gasteiger partial charge is 0.288 e. The monoisotopic (exact) mass is 1790 g/mol. The van der Waals surface area contributed by atoms with Crippen LogP contribution in [0.1, 0.15) is 100 Å². The van der Waals surface area contributed by atoms with Crippen LogP contribution in [0.2, 0.25) is 0 Å². The summed E-state index contributed by atoms with van der Waals surface area (Å²) in [7, 11) is 0. The SMILES string of the molecule is Cc1cc(C)cc(-c2ncccc2-c2ccc3c(c2)C=NC3)c1.Cc1ccc(-c2ncccc2-c2ccc3c(c2)C=NC3)c(F)c1.Cc1ccc(-c2ncccc2-c2ccc3c(c2)C=NC3)cc1.Cc1ccc(-c2ncccc2-c2ccc3c(c2)C=NC3)cc1F.Cc1ccc(F)c(-c2ncccc2-c2ccc3c(c2)C=NC3)c1.Fc1ccc(-c2ncccc2-c2ccc3c(c2)C=NC3)c(F)c1. The average Bonchev–Trinajstić information content (AvgIpc) is 1.74. The molecule has 6 aliphatic rings. The molecule has 0 saturated heterocycles. The van der Waals surface area contributed by atoms with E-state index in [4.69, 9.17) is 0 Å². The Morgan fingerprint density at radius 2 is 0.474 bits per heavy atom. The predicted molar refractivity (Wildman–Crippen MR) is 547 cm³/mol. The van der Waals surface area contributed by atoms with Crippen molar-refractivity contribution >= 4 is 37.3 Å². The van der Waals surface area contributed by atoms with E-state index in [1.807, 2.05) is 161 Å². The van der Waals surface area contributed by atoms with E-state index in [2.05, 4.69) is 226 Å². The lowest BCUT2D eigenvalue weighted by Gasteiger charge is -2.11. The molecule has 666 valence electrons. The molecule has 0 spiro atoms. The van der Waals surface area contributed by atoms with Crippen LogP contribution >= 0.6 is 0 Å². The number of fused-ring (bicyclic) bond motifs is 6. The van der Waals surface area contributed by atoms with Crippen molar-refractivity contribution in [2.24, 2.45) is 30.0 Å². The molecule has 0 fully saturated rings. The Bertz CT molecular complexity index is 7710. The molecule has 0 bridgehead atoms. The zero-order chi connectivity index (χ0) is 94.0. The van der Waals surface area contributed by atoms with E-state index >= 15 is 0 Å². The van der Waals surface area contributed by atoms with Crippen LogP contribution < -0.4 is 0 Å². The number of halogens is 5. The molecule has 0 aliphatic carbocycles. The molecule has 12 heterocycles. The molecule has 6 aromatic heterocycles. The molecular formula is C120H91F5N12. The molecule has 0 saturated carbocycles. The van der Waals surface area contributed by atoms with Gasteiger partial charge in [0.15, 0.2) is 0 Å². The molecule has 0 amide bonds. The summed E-state index contributed by atoms with van der Waals surface area (Å²) in [5.41, 5.74) is 42.3. The third-order valence-corrected chi connectivity index (χ3v) is 24.7. The van der Waals surface area contributed by atoms with Gasteiger partial charge in [-0.1, -0.05) is 186 Å². The molecule has 0 unspecified atom stereocenters. The Morgan fingerprint density at radius 1 is 0.182 bits per heavy atom. The molecule has 0 N–H and O–H groups in total. The van der Waals surface area contributed by atoms with Crippen LogP contribution in [-0.2, 0) is 39.3 Å². The van der Waals surface area contributed by atoms with Gasteiger partial charge in [0.05, 0.1) is 73.4 Å². The van der Waals surface area contributed by atoms with E-state index in [-0.39, 0.29) is 23.0 Å². The minimum atomic E-state index is -0.618. The molecule has 0 radical (unpaired) electrons. The summed E-state index contributed by atoms with van der Waals surface area (Å²) in [4.78, 5) is 52.8. The second-order valence-corrected chi connectivity index (χ2v) is 34.5. The molecule has 12 nitrogen and oxygen atoms in total. The standard InChI is InChI=1S/C21H18N2.3C20H15FN2.C20H16N2.C19H12F2N2/c1-14-8-15(2)10-18(9-14)21-20(4-3-7-23-21)16-5-6-17-12-22-13-19(17)11-16;1-13-4-7-19(21)18(9-13)20-17(3-2-8-23-20)14-5-6-15-11-22-12-16(15)10-14;1-13-4-7-18(19(21)9-13)20-17(3-2-8-23-20)14-5-6-15-11-22-12-16(15)10-14;1-13-4-5-15(10-19(13)21)20-18(3-2-8-23-20)14-6-7-16-11-22-12-17(16)9-14;1-14-4-6-15(7-5-14)20-19(3-2-10-22-20)16-8-9-17-12-21-13-18(17)11-16;20-15-5-6-17(18(21)9-15)19-16(2-1-7-23-19)12-3-4-13-10-22-11-14(13)8-12/h3-11,13H,12H2,1-2H3;3*2-10,12H,11H2,1H3;2-11,13H,12H2,1H3;1-9,11H,10H2. The van der Waals surface area contributed by atoms with E-state index < -0.39 is 11.6 Å². The van der Waals surface area contributed by atoms with Gasteiger partial charge in [0.1, 0.15) is 29.1 Å². The van der Waals surface area contributed by atoms with E-state index in [1.54, 1.807) is 62.0 Å². The summed E-state index contributed by atoms with van der Waals surface area (Å²) in [6.07, 6.45) is 21.9. The number of aliphatic imine (C=N–C) groups is 6. The van der Waals surface area contributed by atoms with Crippen molar-refractivity contribution in [2.75, 3.05) is 0 Å². The smallest absolute Gasteiger partial charge is 0.135 e. The highest BCUT2D eigenvalue weighted by Gasteiger charge is 2.23. The van der Waals surface area contributed by atoms with Crippen molar-refractivity contribution in [1.29, 1.82) is 0 Å². The summed E-state index contributed by atoms with van der Waals surface area (Å²) in [6.45, 7) is 16.5. The molecule has 17 heteroatoms. The summed E-state index contributed by atoms with van der Waals surface area (Å²) in [6, 6.07) is 95.8. The van der Waals surface area contributed by atoms with Gasteiger partial charge < -0.3 is 0 Å². The number of hydrogen-bond acceptors (Lipinski definition) is 12. The van der Waals surface area contributed by atoms with Gasteiger partial charge in [0.2, 0.25) is 0 Å². The molecule has 24 rings (SSSR count). The average molecular weight is 1800 g/mol. The van der Waals surface area contributed by atoms with Gasteiger partial charge in [0, 0.05) is 147 Å². The molecule has 12 aromatic carbocycles. The van der Waals surface area contributed by atoms with Crippen LogP contribution in [0.25, 0.3) is 134 Å². The fourth-order valence-electron chi connectivity index (χ4n) is 17.7. The van der Waals surface area contributed by atoms with E-state index in [0.717, 1.165) is 150 Å². The highest BCUT2D eigenvalue weighted by Crippen LogP contribution is 2.42. The Morgan fingerprint density at radius 3 is 0.832 bits per heavy atom. The van der Waals surface area contributed by atoms with Crippen molar-refractivity contribution < 1.29 is 22.0 Å². The van der Waals surface area contributed by atoms with Gasteiger partial charge in [0.25, 0.3) is 0 Å². The minimum absolute atomic E-state index is 0.208.